The largest absolute Gasteiger partial charge is 0.487 e. The molecule has 1 aliphatic heterocycles. The van der Waals surface area contributed by atoms with E-state index in [1.807, 2.05) is 39.0 Å². The molecule has 1 N–H and O–H groups in total. The highest BCUT2D eigenvalue weighted by molar-refractivity contribution is 5.78. The van der Waals surface area contributed by atoms with Crippen LogP contribution in [0.15, 0.2) is 42.5 Å². The van der Waals surface area contributed by atoms with E-state index in [2.05, 4.69) is 5.32 Å². The minimum atomic E-state index is -0.483. The lowest BCUT2D eigenvalue weighted by Crippen LogP contribution is -2.42. The molecule has 2 aromatic rings. The fraction of sp³-hybridized carbons (Fsp3) is 0.350. The van der Waals surface area contributed by atoms with Crippen molar-refractivity contribution in [2.24, 2.45) is 0 Å². The van der Waals surface area contributed by atoms with Crippen LogP contribution in [0.5, 0.6) is 11.5 Å². The molecule has 2 aromatic carbocycles. The topological polar surface area (TPSA) is 47.6 Å². The van der Waals surface area contributed by atoms with Gasteiger partial charge in [0.2, 0.25) is 0 Å². The Hall–Kier alpha value is -2.56. The third-order valence-corrected chi connectivity index (χ3v) is 4.15. The average molecular weight is 343 g/mol. The van der Waals surface area contributed by atoms with E-state index in [0.29, 0.717) is 6.42 Å². The molecular formula is C20H22FNO3. The minimum absolute atomic E-state index is 0.0706. The van der Waals surface area contributed by atoms with E-state index in [1.165, 1.54) is 12.1 Å². The van der Waals surface area contributed by atoms with Gasteiger partial charge in [0, 0.05) is 12.0 Å². The third-order valence-electron chi connectivity index (χ3n) is 4.15. The van der Waals surface area contributed by atoms with Gasteiger partial charge in [-0.15, -0.1) is 0 Å². The van der Waals surface area contributed by atoms with Gasteiger partial charge in [-0.25, -0.2) is 4.39 Å². The maximum absolute atomic E-state index is 13.6. The summed E-state index contributed by atoms with van der Waals surface area (Å²) >= 11 is 0. The highest BCUT2D eigenvalue weighted by Gasteiger charge is 2.34. The molecule has 0 bridgehead atoms. The number of amides is 1. The molecule has 1 heterocycles. The third kappa shape index (κ3) is 4.10. The Kier molecular flexibility index (Phi) is 4.66. The second-order valence-electron chi connectivity index (χ2n) is 6.95. The number of benzene rings is 2. The van der Waals surface area contributed by atoms with E-state index in [-0.39, 0.29) is 29.9 Å². The van der Waals surface area contributed by atoms with Gasteiger partial charge in [0.25, 0.3) is 5.91 Å². The smallest absolute Gasteiger partial charge is 0.258 e. The number of ether oxygens (including phenoxy) is 2. The van der Waals surface area contributed by atoms with E-state index in [4.69, 9.17) is 9.47 Å². The van der Waals surface area contributed by atoms with Crippen molar-refractivity contribution in [1.82, 2.24) is 5.32 Å². The van der Waals surface area contributed by atoms with Gasteiger partial charge >= 0.3 is 0 Å². The summed E-state index contributed by atoms with van der Waals surface area (Å²) in [5.74, 6) is 0.0743. The first-order valence-electron chi connectivity index (χ1n) is 8.30. The summed E-state index contributed by atoms with van der Waals surface area (Å²) in [6, 6.07) is 11.8. The van der Waals surface area contributed by atoms with Crippen LogP contribution >= 0.6 is 0 Å². The molecule has 0 radical (unpaired) electrons. The van der Waals surface area contributed by atoms with Gasteiger partial charge in [-0.1, -0.05) is 29.8 Å². The molecule has 0 saturated carbocycles. The van der Waals surface area contributed by atoms with Crippen molar-refractivity contribution in [2.75, 3.05) is 6.61 Å². The van der Waals surface area contributed by atoms with Crippen molar-refractivity contribution in [2.45, 2.75) is 38.8 Å². The van der Waals surface area contributed by atoms with Gasteiger partial charge in [0.1, 0.15) is 11.4 Å². The summed E-state index contributed by atoms with van der Waals surface area (Å²) < 4.78 is 24.9. The number of fused-ring (bicyclic) bond motifs is 1. The molecule has 3 rings (SSSR count). The van der Waals surface area contributed by atoms with Crippen LogP contribution in [0.4, 0.5) is 4.39 Å². The number of carbonyl (C=O) groups excluding carboxylic acids is 1. The molecule has 5 heteroatoms. The summed E-state index contributed by atoms with van der Waals surface area (Å²) in [4.78, 5) is 12.3. The summed E-state index contributed by atoms with van der Waals surface area (Å²) in [5, 5.41) is 2.98. The molecule has 1 aliphatic rings. The first-order chi connectivity index (χ1) is 11.8. The van der Waals surface area contributed by atoms with Gasteiger partial charge in [-0.2, -0.15) is 0 Å². The summed E-state index contributed by atoms with van der Waals surface area (Å²) in [6.45, 7) is 5.75. The first kappa shape index (κ1) is 17.3. The molecule has 0 spiro atoms. The van der Waals surface area contributed by atoms with Gasteiger partial charge in [0.15, 0.2) is 18.2 Å². The summed E-state index contributed by atoms with van der Waals surface area (Å²) in [7, 11) is 0. The van der Waals surface area contributed by atoms with Crippen LogP contribution in [-0.2, 0) is 4.79 Å². The zero-order chi connectivity index (χ0) is 18.0. The molecular weight excluding hydrogens is 321 g/mol. The van der Waals surface area contributed by atoms with Crippen LogP contribution in [0, 0.1) is 12.7 Å². The normalized spacial score (nSPS) is 18.0. The van der Waals surface area contributed by atoms with Crippen LogP contribution in [0.1, 0.15) is 37.4 Å². The van der Waals surface area contributed by atoms with E-state index in [0.717, 1.165) is 16.9 Å². The molecule has 1 amide bonds. The molecule has 132 valence electrons. The van der Waals surface area contributed by atoms with Crippen molar-refractivity contribution in [3.63, 3.8) is 0 Å². The average Bonchev–Trinajstić information content (AvgIpc) is 2.54. The van der Waals surface area contributed by atoms with E-state index < -0.39 is 5.82 Å². The quantitative estimate of drug-likeness (QED) is 0.915. The lowest BCUT2D eigenvalue weighted by molar-refractivity contribution is -0.124. The number of aryl methyl sites for hydroxylation is 1. The van der Waals surface area contributed by atoms with Gasteiger partial charge in [-0.3, -0.25) is 4.79 Å². The number of nitrogens with one attached hydrogen (secondary N) is 1. The van der Waals surface area contributed by atoms with Crippen LogP contribution < -0.4 is 14.8 Å². The van der Waals surface area contributed by atoms with Crippen LogP contribution in [0.3, 0.4) is 0 Å². The van der Waals surface area contributed by atoms with Crippen LogP contribution in [0.2, 0.25) is 0 Å². The minimum Gasteiger partial charge on any atom is -0.487 e. The molecule has 0 fully saturated rings. The molecule has 0 aromatic heterocycles. The molecule has 1 atom stereocenters. The van der Waals surface area contributed by atoms with Crippen molar-refractivity contribution in [1.29, 1.82) is 0 Å². The van der Waals surface area contributed by atoms with Gasteiger partial charge < -0.3 is 14.8 Å². The van der Waals surface area contributed by atoms with Crippen molar-refractivity contribution < 1.29 is 18.7 Å². The number of rotatable bonds is 4. The lowest BCUT2D eigenvalue weighted by Gasteiger charge is -2.38. The second kappa shape index (κ2) is 6.75. The standard InChI is InChI=1S/C20H22FNO3/c1-13-8-9-17-14(10-13)16(11-20(2,3)25-17)22-19(23)12-24-18-7-5-4-6-15(18)21/h4-10,16H,11-12H2,1-3H3,(H,22,23)/t16-/m1/s1. The highest BCUT2D eigenvalue weighted by Crippen LogP contribution is 2.39. The fourth-order valence-corrected chi connectivity index (χ4v) is 3.04. The van der Waals surface area contributed by atoms with Crippen LogP contribution in [-0.4, -0.2) is 18.1 Å². The Morgan fingerprint density at radius 3 is 2.84 bits per heavy atom. The second-order valence-corrected chi connectivity index (χ2v) is 6.95. The lowest BCUT2D eigenvalue weighted by atomic mass is 9.89. The molecule has 0 unspecified atom stereocenters. The number of carbonyl (C=O) groups is 1. The van der Waals surface area contributed by atoms with E-state index >= 15 is 0 Å². The first-order valence-corrected chi connectivity index (χ1v) is 8.30. The Labute approximate surface area is 147 Å². The van der Waals surface area contributed by atoms with Crippen molar-refractivity contribution in [3.05, 3.63) is 59.4 Å². The molecule has 25 heavy (non-hydrogen) atoms. The summed E-state index contributed by atoms with van der Waals surface area (Å²) in [6.07, 6.45) is 0.648. The van der Waals surface area contributed by atoms with Gasteiger partial charge in [-0.05, 0) is 39.0 Å². The monoisotopic (exact) mass is 343 g/mol. The number of para-hydroxylation sites is 1. The van der Waals surface area contributed by atoms with Crippen LogP contribution in [0.25, 0.3) is 0 Å². The zero-order valence-electron chi connectivity index (χ0n) is 14.6. The molecule has 0 saturated heterocycles. The number of hydrogen-bond acceptors (Lipinski definition) is 3. The maximum Gasteiger partial charge on any atom is 0.258 e. The predicted molar refractivity (Wildman–Crippen MR) is 93.3 cm³/mol. The Morgan fingerprint density at radius 2 is 2.08 bits per heavy atom. The predicted octanol–water partition coefficient (Wildman–Crippen LogP) is 3.93. The van der Waals surface area contributed by atoms with Crippen molar-refractivity contribution >= 4 is 5.91 Å². The van der Waals surface area contributed by atoms with Crippen molar-refractivity contribution in [3.8, 4) is 11.5 Å². The van der Waals surface area contributed by atoms with E-state index in [9.17, 15) is 9.18 Å². The SMILES string of the molecule is Cc1ccc2c(c1)[C@H](NC(=O)COc1ccccc1F)CC(C)(C)O2. The number of halogens is 1. The van der Waals surface area contributed by atoms with Gasteiger partial charge in [0.05, 0.1) is 6.04 Å². The number of hydrogen-bond donors (Lipinski definition) is 1. The fourth-order valence-electron chi connectivity index (χ4n) is 3.04. The Morgan fingerprint density at radius 1 is 1.32 bits per heavy atom. The Bertz CT molecular complexity index is 788. The van der Waals surface area contributed by atoms with E-state index in [1.54, 1.807) is 12.1 Å². The molecule has 4 nitrogen and oxygen atoms in total. The summed E-state index contributed by atoms with van der Waals surface area (Å²) in [5.41, 5.74) is 1.68. The maximum atomic E-state index is 13.6. The highest BCUT2D eigenvalue weighted by atomic mass is 19.1. The zero-order valence-corrected chi connectivity index (χ0v) is 14.6. The Balaban J connectivity index is 1.70. The molecule has 0 aliphatic carbocycles.